The molecular weight excluding hydrogens is 354 g/mol. The average molecular weight is 381 g/mol. The number of pyridine rings is 2. The van der Waals surface area contributed by atoms with Crippen LogP contribution in [0.15, 0.2) is 49.1 Å². The molecule has 148 valence electrons. The van der Waals surface area contributed by atoms with Crippen LogP contribution in [0.25, 0.3) is 0 Å². The predicted octanol–water partition coefficient (Wildman–Crippen LogP) is 3.35. The molecule has 0 aromatic carbocycles. The van der Waals surface area contributed by atoms with Crippen LogP contribution in [0.2, 0.25) is 0 Å². The van der Waals surface area contributed by atoms with Crippen LogP contribution in [-0.2, 0) is 4.74 Å². The second kappa shape index (κ2) is 8.69. The van der Waals surface area contributed by atoms with E-state index in [2.05, 4.69) is 9.97 Å². The number of amides is 1. The highest BCUT2D eigenvalue weighted by molar-refractivity contribution is 5.93. The van der Waals surface area contributed by atoms with Crippen molar-refractivity contribution in [3.05, 3.63) is 54.6 Å². The van der Waals surface area contributed by atoms with Gasteiger partial charge < -0.3 is 14.4 Å². The molecule has 28 heavy (non-hydrogen) atoms. The Labute approximate surface area is 165 Å². The Morgan fingerprint density at radius 3 is 2.75 bits per heavy atom. The molecule has 6 nitrogen and oxygen atoms in total. The first-order valence-electron chi connectivity index (χ1n) is 10.1. The molecule has 1 spiro atoms. The molecule has 1 atom stereocenters. The molecule has 2 fully saturated rings. The van der Waals surface area contributed by atoms with Crippen molar-refractivity contribution in [2.45, 2.75) is 37.7 Å². The maximum atomic E-state index is 12.6. The van der Waals surface area contributed by atoms with E-state index in [4.69, 9.17) is 9.47 Å². The van der Waals surface area contributed by atoms with Crippen LogP contribution >= 0.6 is 0 Å². The quantitative estimate of drug-likeness (QED) is 0.795. The molecule has 0 radical (unpaired) electrons. The van der Waals surface area contributed by atoms with Gasteiger partial charge in [-0.25, -0.2) is 0 Å². The van der Waals surface area contributed by atoms with Gasteiger partial charge in [-0.2, -0.15) is 0 Å². The molecule has 1 amide bonds. The highest BCUT2D eigenvalue weighted by Crippen LogP contribution is 2.39. The number of hydrogen-bond donors (Lipinski definition) is 0. The second-order valence-corrected chi connectivity index (χ2v) is 7.74. The highest BCUT2D eigenvalue weighted by atomic mass is 16.5. The Balaban J connectivity index is 1.27. The SMILES string of the molecule is O=C(c1cccnc1)N1CCC2(CC1)CC(CCOc1ccncc1)CCO2. The number of likely N-dealkylation sites (tertiary alicyclic amines) is 1. The summed E-state index contributed by atoms with van der Waals surface area (Å²) in [7, 11) is 0. The van der Waals surface area contributed by atoms with Gasteiger partial charge in [-0.3, -0.25) is 14.8 Å². The topological polar surface area (TPSA) is 64.6 Å². The Hall–Kier alpha value is -2.47. The molecule has 2 aromatic rings. The Morgan fingerprint density at radius 1 is 1.18 bits per heavy atom. The number of ether oxygens (including phenoxy) is 2. The van der Waals surface area contributed by atoms with Crippen molar-refractivity contribution in [3.8, 4) is 5.75 Å². The van der Waals surface area contributed by atoms with Crippen molar-refractivity contribution in [2.24, 2.45) is 5.92 Å². The van der Waals surface area contributed by atoms with Crippen molar-refractivity contribution in [2.75, 3.05) is 26.3 Å². The fourth-order valence-corrected chi connectivity index (χ4v) is 4.29. The number of nitrogens with zero attached hydrogens (tertiary/aromatic N) is 3. The van der Waals surface area contributed by atoms with Crippen molar-refractivity contribution in [1.82, 2.24) is 14.9 Å². The molecule has 0 N–H and O–H groups in total. The third kappa shape index (κ3) is 4.50. The van der Waals surface area contributed by atoms with Gasteiger partial charge in [0, 0.05) is 44.5 Å². The van der Waals surface area contributed by atoms with Gasteiger partial charge in [0.1, 0.15) is 5.75 Å². The first-order valence-corrected chi connectivity index (χ1v) is 10.1. The van der Waals surface area contributed by atoms with E-state index < -0.39 is 0 Å². The van der Waals surface area contributed by atoms with E-state index in [9.17, 15) is 4.79 Å². The van der Waals surface area contributed by atoms with Crippen LogP contribution < -0.4 is 4.74 Å². The summed E-state index contributed by atoms with van der Waals surface area (Å²) in [5, 5.41) is 0. The summed E-state index contributed by atoms with van der Waals surface area (Å²) in [6, 6.07) is 7.41. The third-order valence-electron chi connectivity index (χ3n) is 5.91. The first kappa shape index (κ1) is 18.9. The van der Waals surface area contributed by atoms with Gasteiger partial charge in [0.2, 0.25) is 0 Å². The van der Waals surface area contributed by atoms with Gasteiger partial charge >= 0.3 is 0 Å². The van der Waals surface area contributed by atoms with Gasteiger partial charge in [0.15, 0.2) is 0 Å². The molecule has 4 rings (SSSR count). The lowest BCUT2D eigenvalue weighted by atomic mass is 9.78. The molecule has 0 saturated carbocycles. The first-order chi connectivity index (χ1) is 13.7. The number of hydrogen-bond acceptors (Lipinski definition) is 5. The van der Waals surface area contributed by atoms with Crippen LogP contribution in [-0.4, -0.2) is 52.7 Å². The van der Waals surface area contributed by atoms with Crippen LogP contribution in [0, 0.1) is 5.92 Å². The summed E-state index contributed by atoms with van der Waals surface area (Å²) >= 11 is 0. The molecular formula is C22H27N3O3. The van der Waals surface area contributed by atoms with Gasteiger partial charge in [-0.1, -0.05) is 0 Å². The lowest BCUT2D eigenvalue weighted by Crippen LogP contribution is -2.50. The average Bonchev–Trinajstić information content (AvgIpc) is 2.75. The Kier molecular flexibility index (Phi) is 5.86. The molecule has 2 saturated heterocycles. The molecule has 2 aromatic heterocycles. The van der Waals surface area contributed by atoms with Gasteiger partial charge in [0.05, 0.1) is 17.8 Å². The second-order valence-electron chi connectivity index (χ2n) is 7.74. The zero-order valence-corrected chi connectivity index (χ0v) is 16.1. The van der Waals surface area contributed by atoms with E-state index >= 15 is 0 Å². The van der Waals surface area contributed by atoms with E-state index in [1.807, 2.05) is 29.2 Å². The maximum Gasteiger partial charge on any atom is 0.255 e. The minimum atomic E-state index is -0.0781. The molecule has 0 aliphatic carbocycles. The minimum absolute atomic E-state index is 0.0704. The normalized spacial score (nSPS) is 21.4. The van der Waals surface area contributed by atoms with Crippen LogP contribution in [0.3, 0.4) is 0 Å². The molecule has 6 heteroatoms. The smallest absolute Gasteiger partial charge is 0.255 e. The summed E-state index contributed by atoms with van der Waals surface area (Å²) in [5.74, 6) is 1.55. The lowest BCUT2D eigenvalue weighted by molar-refractivity contribution is -0.125. The molecule has 0 bridgehead atoms. The van der Waals surface area contributed by atoms with Gasteiger partial charge in [0.25, 0.3) is 5.91 Å². The summed E-state index contributed by atoms with van der Waals surface area (Å²) in [6.45, 7) is 3.01. The van der Waals surface area contributed by atoms with Gasteiger partial charge in [-0.15, -0.1) is 0 Å². The fraction of sp³-hybridized carbons (Fsp3) is 0.500. The van der Waals surface area contributed by atoms with Crippen molar-refractivity contribution in [1.29, 1.82) is 0 Å². The molecule has 4 heterocycles. The zero-order chi connectivity index (χ0) is 19.2. The summed E-state index contributed by atoms with van der Waals surface area (Å²) in [6.07, 6.45) is 11.8. The van der Waals surface area contributed by atoms with Gasteiger partial charge in [-0.05, 0) is 62.3 Å². The largest absolute Gasteiger partial charge is 0.493 e. The van der Waals surface area contributed by atoms with E-state index in [0.717, 1.165) is 64.2 Å². The predicted molar refractivity (Wildman–Crippen MR) is 105 cm³/mol. The van der Waals surface area contributed by atoms with E-state index in [-0.39, 0.29) is 11.5 Å². The van der Waals surface area contributed by atoms with E-state index in [0.29, 0.717) is 11.5 Å². The van der Waals surface area contributed by atoms with Crippen molar-refractivity contribution in [3.63, 3.8) is 0 Å². The van der Waals surface area contributed by atoms with Crippen LogP contribution in [0.1, 0.15) is 42.5 Å². The summed E-state index contributed by atoms with van der Waals surface area (Å²) in [4.78, 5) is 22.6. The lowest BCUT2D eigenvalue weighted by Gasteiger charge is -2.46. The van der Waals surface area contributed by atoms with Crippen molar-refractivity contribution < 1.29 is 14.3 Å². The maximum absolute atomic E-state index is 12.6. The highest BCUT2D eigenvalue weighted by Gasteiger charge is 2.41. The number of carbonyl (C=O) groups excluding carboxylic acids is 1. The Bertz CT molecular complexity index is 761. The number of piperidine rings is 1. The van der Waals surface area contributed by atoms with Crippen LogP contribution in [0.4, 0.5) is 0 Å². The summed E-state index contributed by atoms with van der Waals surface area (Å²) in [5.41, 5.74) is 0.583. The molecule has 2 aliphatic rings. The molecule has 2 aliphatic heterocycles. The number of aromatic nitrogens is 2. The number of rotatable bonds is 5. The molecule has 1 unspecified atom stereocenters. The standard InChI is InChI=1S/C22H27N3O3/c26-21(19-2-1-9-24-17-19)25-12-7-22(8-13-25)16-18(6-15-28-22)5-14-27-20-3-10-23-11-4-20/h1-4,9-11,17-18H,5-8,12-16H2. The summed E-state index contributed by atoms with van der Waals surface area (Å²) < 4.78 is 12.1. The Morgan fingerprint density at radius 2 is 2.00 bits per heavy atom. The fourth-order valence-electron chi connectivity index (χ4n) is 4.29. The van der Waals surface area contributed by atoms with Crippen molar-refractivity contribution >= 4 is 5.91 Å². The third-order valence-corrected chi connectivity index (χ3v) is 5.91. The number of carbonyl (C=O) groups is 1. The minimum Gasteiger partial charge on any atom is -0.493 e. The zero-order valence-electron chi connectivity index (χ0n) is 16.1. The van der Waals surface area contributed by atoms with E-state index in [1.54, 1.807) is 24.8 Å². The monoisotopic (exact) mass is 381 g/mol. The van der Waals surface area contributed by atoms with E-state index in [1.165, 1.54) is 0 Å². The van der Waals surface area contributed by atoms with Crippen LogP contribution in [0.5, 0.6) is 5.75 Å².